The fourth-order valence-corrected chi connectivity index (χ4v) is 2.53. The van der Waals surface area contributed by atoms with E-state index in [1.165, 1.54) is 0 Å². The third-order valence-corrected chi connectivity index (χ3v) is 3.86. The predicted octanol–water partition coefficient (Wildman–Crippen LogP) is 3.18. The fourth-order valence-electron chi connectivity index (χ4n) is 2.53. The molecule has 4 heteroatoms. The minimum Gasteiger partial charge on any atom is -0.497 e. The molecule has 0 radical (unpaired) electrons. The quantitative estimate of drug-likeness (QED) is 0.740. The lowest BCUT2D eigenvalue weighted by atomic mass is 10.2. The van der Waals surface area contributed by atoms with E-state index >= 15 is 0 Å². The Morgan fingerprint density at radius 1 is 0.913 bits per heavy atom. The average molecular weight is 306 g/mol. The van der Waals surface area contributed by atoms with Gasteiger partial charge in [-0.2, -0.15) is 0 Å². The van der Waals surface area contributed by atoms with Crippen molar-refractivity contribution in [3.8, 4) is 23.3 Å². The van der Waals surface area contributed by atoms with Gasteiger partial charge in [0.05, 0.1) is 25.4 Å². The zero-order valence-electron chi connectivity index (χ0n) is 13.4. The molecule has 0 spiro atoms. The molecule has 2 aromatic carbocycles. The molecule has 116 valence electrons. The second-order valence-corrected chi connectivity index (χ2v) is 5.18. The number of nitrogens with zero attached hydrogens (tertiary/aromatic N) is 1. The van der Waals surface area contributed by atoms with Crippen LogP contribution in [0.5, 0.6) is 11.5 Å². The van der Waals surface area contributed by atoms with Gasteiger partial charge >= 0.3 is 0 Å². The Labute approximate surface area is 135 Å². The molecule has 3 rings (SSSR count). The highest BCUT2D eigenvalue weighted by atomic mass is 16.5. The van der Waals surface area contributed by atoms with Crippen LogP contribution in [0.4, 0.5) is 5.69 Å². The second kappa shape index (κ2) is 5.98. The van der Waals surface area contributed by atoms with Crippen molar-refractivity contribution in [1.82, 2.24) is 4.57 Å². The number of anilines is 1. The summed E-state index contributed by atoms with van der Waals surface area (Å²) in [5.41, 5.74) is 9.65. The summed E-state index contributed by atoms with van der Waals surface area (Å²) in [4.78, 5) is 0. The molecule has 0 bridgehead atoms. The summed E-state index contributed by atoms with van der Waals surface area (Å²) in [7, 11) is 5.25. The van der Waals surface area contributed by atoms with E-state index in [1.54, 1.807) is 14.2 Å². The van der Waals surface area contributed by atoms with Crippen LogP contribution < -0.4 is 15.2 Å². The van der Waals surface area contributed by atoms with Gasteiger partial charge in [0.2, 0.25) is 0 Å². The van der Waals surface area contributed by atoms with E-state index < -0.39 is 0 Å². The first kappa shape index (κ1) is 14.9. The van der Waals surface area contributed by atoms with Crippen LogP contribution in [0.25, 0.3) is 10.9 Å². The van der Waals surface area contributed by atoms with Crippen LogP contribution in [0.1, 0.15) is 11.3 Å². The zero-order valence-corrected chi connectivity index (χ0v) is 13.4. The Morgan fingerprint density at radius 3 is 2.22 bits per heavy atom. The highest BCUT2D eigenvalue weighted by Gasteiger charge is 2.11. The van der Waals surface area contributed by atoms with Gasteiger partial charge in [0, 0.05) is 24.1 Å². The van der Waals surface area contributed by atoms with Gasteiger partial charge in [-0.25, -0.2) is 0 Å². The molecule has 4 nitrogen and oxygen atoms in total. The van der Waals surface area contributed by atoms with E-state index in [9.17, 15) is 0 Å². The molecule has 0 saturated heterocycles. The molecular weight excluding hydrogens is 288 g/mol. The van der Waals surface area contributed by atoms with Crippen molar-refractivity contribution < 1.29 is 9.47 Å². The van der Waals surface area contributed by atoms with Crippen LogP contribution in [0, 0.1) is 11.8 Å². The average Bonchev–Trinajstić information content (AvgIpc) is 2.84. The van der Waals surface area contributed by atoms with Crippen LogP contribution >= 0.6 is 0 Å². The number of fused-ring (bicyclic) bond motifs is 1. The number of methoxy groups -OCH3 is 2. The van der Waals surface area contributed by atoms with Crippen LogP contribution in [0.3, 0.4) is 0 Å². The SMILES string of the molecule is COc1ccc(C#Cc2c(N)c3ccc(OC)cc3n2C)cc1. The number of aryl methyl sites for hydroxylation is 1. The van der Waals surface area contributed by atoms with Crippen LogP contribution in [0.15, 0.2) is 42.5 Å². The lowest BCUT2D eigenvalue weighted by Gasteiger charge is -2.01. The topological polar surface area (TPSA) is 49.4 Å². The molecule has 0 saturated carbocycles. The molecule has 0 fully saturated rings. The molecule has 23 heavy (non-hydrogen) atoms. The summed E-state index contributed by atoms with van der Waals surface area (Å²) >= 11 is 0. The maximum atomic E-state index is 6.26. The summed E-state index contributed by atoms with van der Waals surface area (Å²) in [5.74, 6) is 7.92. The number of benzene rings is 2. The summed E-state index contributed by atoms with van der Waals surface area (Å²) in [6.07, 6.45) is 0. The summed E-state index contributed by atoms with van der Waals surface area (Å²) in [6, 6.07) is 13.5. The second-order valence-electron chi connectivity index (χ2n) is 5.18. The zero-order chi connectivity index (χ0) is 16.4. The minimum atomic E-state index is 0.686. The highest BCUT2D eigenvalue weighted by molar-refractivity contribution is 5.96. The Kier molecular flexibility index (Phi) is 3.86. The smallest absolute Gasteiger partial charge is 0.120 e. The van der Waals surface area contributed by atoms with Crippen molar-refractivity contribution in [1.29, 1.82) is 0 Å². The van der Waals surface area contributed by atoms with E-state index in [2.05, 4.69) is 11.8 Å². The summed E-state index contributed by atoms with van der Waals surface area (Å²) in [5, 5.41) is 0.979. The van der Waals surface area contributed by atoms with Gasteiger partial charge in [-0.15, -0.1) is 0 Å². The number of hydrogen-bond acceptors (Lipinski definition) is 3. The van der Waals surface area contributed by atoms with Gasteiger partial charge in [0.1, 0.15) is 17.2 Å². The lowest BCUT2D eigenvalue weighted by Crippen LogP contribution is -1.94. The maximum Gasteiger partial charge on any atom is 0.120 e. The molecule has 0 aliphatic carbocycles. The van der Waals surface area contributed by atoms with Crippen molar-refractivity contribution in [3.63, 3.8) is 0 Å². The highest BCUT2D eigenvalue weighted by Crippen LogP contribution is 2.30. The molecule has 0 aliphatic rings. The van der Waals surface area contributed by atoms with Crippen molar-refractivity contribution >= 4 is 16.6 Å². The molecule has 1 aromatic heterocycles. The molecule has 0 amide bonds. The van der Waals surface area contributed by atoms with E-state index in [-0.39, 0.29) is 0 Å². The third kappa shape index (κ3) is 2.69. The molecular formula is C19H18N2O2. The van der Waals surface area contributed by atoms with Crippen molar-refractivity contribution in [2.24, 2.45) is 7.05 Å². The summed E-state index contributed by atoms with van der Waals surface area (Å²) < 4.78 is 12.4. The first-order valence-corrected chi connectivity index (χ1v) is 7.22. The molecule has 2 N–H and O–H groups in total. The number of aromatic nitrogens is 1. The van der Waals surface area contributed by atoms with Gasteiger partial charge in [0.15, 0.2) is 0 Å². The molecule has 1 heterocycles. The molecule has 3 aromatic rings. The first-order valence-electron chi connectivity index (χ1n) is 7.22. The summed E-state index contributed by atoms with van der Waals surface area (Å²) in [6.45, 7) is 0. The van der Waals surface area contributed by atoms with Gasteiger partial charge in [-0.05, 0) is 42.3 Å². The Bertz CT molecular complexity index is 912. The van der Waals surface area contributed by atoms with Crippen molar-refractivity contribution in [2.75, 3.05) is 20.0 Å². The monoisotopic (exact) mass is 306 g/mol. The van der Waals surface area contributed by atoms with Crippen LogP contribution in [-0.2, 0) is 7.05 Å². The predicted molar refractivity (Wildman–Crippen MR) is 92.9 cm³/mol. The molecule has 0 atom stereocenters. The third-order valence-electron chi connectivity index (χ3n) is 3.86. The van der Waals surface area contributed by atoms with Gasteiger partial charge in [-0.1, -0.05) is 5.92 Å². The number of nitrogen functional groups attached to an aromatic ring is 1. The van der Waals surface area contributed by atoms with Gasteiger partial charge in [0.25, 0.3) is 0 Å². The Hall–Kier alpha value is -3.06. The van der Waals surface area contributed by atoms with Crippen LogP contribution in [-0.4, -0.2) is 18.8 Å². The van der Waals surface area contributed by atoms with Gasteiger partial charge in [-0.3, -0.25) is 0 Å². The first-order chi connectivity index (χ1) is 11.1. The van der Waals surface area contributed by atoms with E-state index in [0.717, 1.165) is 33.7 Å². The van der Waals surface area contributed by atoms with E-state index in [0.29, 0.717) is 5.69 Å². The molecule has 0 aliphatic heterocycles. The Balaban J connectivity index is 2.04. The fraction of sp³-hybridized carbons (Fsp3) is 0.158. The number of hydrogen-bond donors (Lipinski definition) is 1. The van der Waals surface area contributed by atoms with Crippen LogP contribution in [0.2, 0.25) is 0 Å². The lowest BCUT2D eigenvalue weighted by molar-refractivity contribution is 0.415. The van der Waals surface area contributed by atoms with Crippen molar-refractivity contribution in [3.05, 3.63) is 53.7 Å². The largest absolute Gasteiger partial charge is 0.497 e. The maximum absolute atomic E-state index is 6.26. The number of nitrogens with two attached hydrogens (primary N) is 1. The van der Waals surface area contributed by atoms with E-state index in [4.69, 9.17) is 15.2 Å². The molecule has 0 unspecified atom stereocenters. The Morgan fingerprint density at radius 2 is 1.57 bits per heavy atom. The number of ether oxygens (including phenoxy) is 2. The van der Waals surface area contributed by atoms with Gasteiger partial charge < -0.3 is 19.8 Å². The number of rotatable bonds is 2. The standard InChI is InChI=1S/C19H18N2O2/c1-21-17(11-6-13-4-7-14(22-2)8-5-13)19(20)16-10-9-15(23-3)12-18(16)21/h4-5,7-10,12H,20H2,1-3H3. The normalized spacial score (nSPS) is 10.2. The van der Waals surface area contributed by atoms with Crippen molar-refractivity contribution in [2.45, 2.75) is 0 Å². The minimum absolute atomic E-state index is 0.686. The van der Waals surface area contributed by atoms with E-state index in [1.807, 2.05) is 54.1 Å².